The number of hydrogen-bond donors (Lipinski definition) is 1. The Morgan fingerprint density at radius 3 is 2.58 bits per heavy atom. The zero-order valence-corrected chi connectivity index (χ0v) is 11.6. The van der Waals surface area contributed by atoms with Gasteiger partial charge in [-0.2, -0.15) is 0 Å². The minimum atomic E-state index is -0.374. The largest absolute Gasteiger partial charge is 0.507 e. The Balaban J connectivity index is 2.21. The Kier molecular flexibility index (Phi) is 4.83. The van der Waals surface area contributed by atoms with E-state index in [1.165, 1.54) is 5.57 Å². The van der Waals surface area contributed by atoms with Gasteiger partial charge < -0.3 is 9.84 Å². The zero-order valence-electron chi connectivity index (χ0n) is 11.6. The van der Waals surface area contributed by atoms with Gasteiger partial charge in [-0.25, -0.2) is 4.79 Å². The Morgan fingerprint density at radius 2 is 2.00 bits per heavy atom. The van der Waals surface area contributed by atoms with Crippen molar-refractivity contribution < 1.29 is 14.6 Å². The third-order valence-corrected chi connectivity index (χ3v) is 3.69. The molecule has 0 atom stereocenters. The van der Waals surface area contributed by atoms with Gasteiger partial charge in [0.05, 0.1) is 12.2 Å². The average molecular weight is 262 g/mol. The van der Waals surface area contributed by atoms with Crippen molar-refractivity contribution in [1.29, 1.82) is 0 Å². The fourth-order valence-corrected chi connectivity index (χ4v) is 2.68. The molecule has 0 fully saturated rings. The minimum Gasteiger partial charge on any atom is -0.507 e. The fraction of sp³-hybridized carbons (Fsp3) is 0.562. The average Bonchev–Trinajstić information content (AvgIpc) is 3.08. The van der Waals surface area contributed by atoms with Crippen LogP contribution in [0.3, 0.4) is 0 Å². The van der Waals surface area contributed by atoms with Crippen LogP contribution in [0.2, 0.25) is 0 Å². The van der Waals surface area contributed by atoms with E-state index in [0.29, 0.717) is 18.6 Å². The van der Waals surface area contributed by atoms with Gasteiger partial charge in [0.25, 0.3) is 0 Å². The molecule has 104 valence electrons. The third-order valence-electron chi connectivity index (χ3n) is 3.69. The standard InChI is InChI=1S/C16H22O3/c1-2-19-16(18)14(11-12-7-3-4-8-12)15(17)13-9-5-6-10-13/h7,9,17H,2-6,8,10-11H2,1H3/b15-14-. The fourth-order valence-electron chi connectivity index (χ4n) is 2.68. The highest BCUT2D eigenvalue weighted by atomic mass is 16.5. The molecule has 19 heavy (non-hydrogen) atoms. The number of ether oxygens (including phenoxy) is 1. The van der Waals surface area contributed by atoms with Crippen LogP contribution in [0.25, 0.3) is 0 Å². The van der Waals surface area contributed by atoms with E-state index in [-0.39, 0.29) is 11.7 Å². The molecule has 0 aromatic carbocycles. The van der Waals surface area contributed by atoms with Crippen LogP contribution in [-0.4, -0.2) is 17.7 Å². The van der Waals surface area contributed by atoms with Gasteiger partial charge in [0.1, 0.15) is 5.76 Å². The molecule has 0 aromatic heterocycles. The van der Waals surface area contributed by atoms with Gasteiger partial charge in [0.2, 0.25) is 0 Å². The lowest BCUT2D eigenvalue weighted by Gasteiger charge is -2.11. The molecule has 0 spiro atoms. The van der Waals surface area contributed by atoms with E-state index in [9.17, 15) is 9.90 Å². The molecule has 2 rings (SSSR count). The highest BCUT2D eigenvalue weighted by Crippen LogP contribution is 2.30. The lowest BCUT2D eigenvalue weighted by Crippen LogP contribution is -2.12. The van der Waals surface area contributed by atoms with E-state index in [4.69, 9.17) is 4.74 Å². The lowest BCUT2D eigenvalue weighted by atomic mass is 10.0. The van der Waals surface area contributed by atoms with Gasteiger partial charge in [0, 0.05) is 6.42 Å². The molecular weight excluding hydrogens is 240 g/mol. The summed E-state index contributed by atoms with van der Waals surface area (Å²) in [7, 11) is 0. The molecule has 0 saturated carbocycles. The second-order valence-corrected chi connectivity index (χ2v) is 5.10. The van der Waals surface area contributed by atoms with Gasteiger partial charge in [-0.3, -0.25) is 0 Å². The Labute approximate surface area is 114 Å². The molecule has 0 aliphatic heterocycles. The van der Waals surface area contributed by atoms with Gasteiger partial charge >= 0.3 is 5.97 Å². The van der Waals surface area contributed by atoms with E-state index in [0.717, 1.165) is 44.1 Å². The Morgan fingerprint density at radius 1 is 1.26 bits per heavy atom. The monoisotopic (exact) mass is 262 g/mol. The van der Waals surface area contributed by atoms with Crippen LogP contribution >= 0.6 is 0 Å². The first kappa shape index (κ1) is 13.9. The molecule has 0 amide bonds. The predicted octanol–water partition coefficient (Wildman–Crippen LogP) is 3.97. The smallest absolute Gasteiger partial charge is 0.338 e. The first-order valence-corrected chi connectivity index (χ1v) is 7.19. The molecule has 3 nitrogen and oxygen atoms in total. The maximum absolute atomic E-state index is 12.0. The number of carbonyl (C=O) groups excluding carboxylic acids is 1. The number of rotatable bonds is 5. The SMILES string of the molecule is CCOC(=O)/C(CC1=CCCC1)=C(\O)C1=CCCC1. The van der Waals surface area contributed by atoms with E-state index < -0.39 is 0 Å². The number of aliphatic hydroxyl groups excluding tert-OH is 1. The van der Waals surface area contributed by atoms with E-state index in [2.05, 4.69) is 6.08 Å². The van der Waals surface area contributed by atoms with Crippen LogP contribution in [0.5, 0.6) is 0 Å². The number of esters is 1. The summed E-state index contributed by atoms with van der Waals surface area (Å²) in [6.07, 6.45) is 10.9. The van der Waals surface area contributed by atoms with Crippen LogP contribution in [0.1, 0.15) is 51.9 Å². The summed E-state index contributed by atoms with van der Waals surface area (Å²) < 4.78 is 5.08. The number of aliphatic hydroxyl groups is 1. The molecule has 0 radical (unpaired) electrons. The van der Waals surface area contributed by atoms with Crippen molar-refractivity contribution >= 4 is 5.97 Å². The van der Waals surface area contributed by atoms with Crippen molar-refractivity contribution in [2.75, 3.05) is 6.61 Å². The molecule has 2 aliphatic carbocycles. The van der Waals surface area contributed by atoms with Crippen LogP contribution in [0, 0.1) is 0 Å². The summed E-state index contributed by atoms with van der Waals surface area (Å²) in [6, 6.07) is 0. The topological polar surface area (TPSA) is 46.5 Å². The predicted molar refractivity (Wildman–Crippen MR) is 74.8 cm³/mol. The number of allylic oxidation sites excluding steroid dienone is 4. The van der Waals surface area contributed by atoms with Gasteiger partial charge in [-0.05, 0) is 51.0 Å². The number of hydrogen-bond acceptors (Lipinski definition) is 3. The highest BCUT2D eigenvalue weighted by molar-refractivity contribution is 5.90. The van der Waals surface area contributed by atoms with Crippen molar-refractivity contribution in [1.82, 2.24) is 0 Å². The first-order chi connectivity index (χ1) is 9.22. The van der Waals surface area contributed by atoms with E-state index in [1.807, 2.05) is 6.08 Å². The summed E-state index contributed by atoms with van der Waals surface area (Å²) in [6.45, 7) is 2.13. The molecule has 0 saturated heterocycles. The third kappa shape index (κ3) is 3.49. The summed E-state index contributed by atoms with van der Waals surface area (Å²) in [4.78, 5) is 12.0. The first-order valence-electron chi connectivity index (χ1n) is 7.19. The van der Waals surface area contributed by atoms with Crippen molar-refractivity contribution in [3.63, 3.8) is 0 Å². The van der Waals surface area contributed by atoms with Crippen molar-refractivity contribution in [2.45, 2.75) is 51.9 Å². The maximum Gasteiger partial charge on any atom is 0.338 e. The zero-order chi connectivity index (χ0) is 13.7. The summed E-state index contributed by atoms with van der Waals surface area (Å²) in [5, 5.41) is 10.3. The quantitative estimate of drug-likeness (QED) is 0.353. The summed E-state index contributed by atoms with van der Waals surface area (Å²) in [5.41, 5.74) is 2.58. The molecule has 3 heteroatoms. The number of carbonyl (C=O) groups is 1. The summed E-state index contributed by atoms with van der Waals surface area (Å²) >= 11 is 0. The normalized spacial score (nSPS) is 19.8. The second kappa shape index (κ2) is 6.60. The van der Waals surface area contributed by atoms with Gasteiger partial charge in [-0.1, -0.05) is 17.7 Å². The molecule has 2 aliphatic rings. The molecule has 0 aromatic rings. The van der Waals surface area contributed by atoms with Gasteiger partial charge in [0.15, 0.2) is 0 Å². The second-order valence-electron chi connectivity index (χ2n) is 5.10. The molecular formula is C16H22O3. The lowest BCUT2D eigenvalue weighted by molar-refractivity contribution is -0.138. The van der Waals surface area contributed by atoms with Crippen LogP contribution in [-0.2, 0) is 9.53 Å². The summed E-state index contributed by atoms with van der Waals surface area (Å²) in [5.74, 6) is -0.218. The van der Waals surface area contributed by atoms with Crippen molar-refractivity contribution in [3.8, 4) is 0 Å². The maximum atomic E-state index is 12.0. The van der Waals surface area contributed by atoms with Crippen molar-refractivity contribution in [3.05, 3.63) is 34.6 Å². The molecule has 1 N–H and O–H groups in total. The molecule has 0 heterocycles. The highest BCUT2D eigenvalue weighted by Gasteiger charge is 2.22. The van der Waals surface area contributed by atoms with E-state index in [1.54, 1.807) is 6.92 Å². The van der Waals surface area contributed by atoms with Crippen molar-refractivity contribution in [2.24, 2.45) is 0 Å². The van der Waals surface area contributed by atoms with E-state index >= 15 is 0 Å². The molecule has 0 bridgehead atoms. The Bertz CT molecular complexity index is 441. The van der Waals surface area contributed by atoms with Crippen LogP contribution in [0.4, 0.5) is 0 Å². The van der Waals surface area contributed by atoms with Crippen LogP contribution in [0.15, 0.2) is 34.6 Å². The van der Waals surface area contributed by atoms with Gasteiger partial charge in [-0.15, -0.1) is 0 Å². The van der Waals surface area contributed by atoms with Crippen LogP contribution < -0.4 is 0 Å². The minimum absolute atomic E-state index is 0.156. The Hall–Kier alpha value is -1.51. The molecule has 0 unspecified atom stereocenters.